The van der Waals surface area contributed by atoms with Gasteiger partial charge < -0.3 is 9.72 Å². The van der Waals surface area contributed by atoms with Crippen LogP contribution in [-0.4, -0.2) is 21.6 Å². The van der Waals surface area contributed by atoms with Crippen molar-refractivity contribution in [2.75, 3.05) is 6.61 Å². The minimum Gasteiger partial charge on any atom is -0.493 e. The van der Waals surface area contributed by atoms with E-state index in [4.69, 9.17) is 4.74 Å². The van der Waals surface area contributed by atoms with Gasteiger partial charge in [-0.3, -0.25) is 4.98 Å². The number of hydrogen-bond acceptors (Lipinski definition) is 3. The average Bonchev–Trinajstić information content (AvgIpc) is 3.02. The fourth-order valence-corrected chi connectivity index (χ4v) is 2.37. The van der Waals surface area contributed by atoms with Gasteiger partial charge >= 0.3 is 0 Å². The molecule has 94 valence electrons. The molecular formula is C14H10FN3O. The van der Waals surface area contributed by atoms with Crippen LogP contribution in [0.15, 0.2) is 30.6 Å². The number of rotatable bonds is 1. The Hall–Kier alpha value is -2.43. The largest absolute Gasteiger partial charge is 0.493 e. The Labute approximate surface area is 108 Å². The number of imidazole rings is 1. The van der Waals surface area contributed by atoms with Crippen LogP contribution in [0.3, 0.4) is 0 Å². The monoisotopic (exact) mass is 255 g/mol. The molecule has 0 amide bonds. The van der Waals surface area contributed by atoms with Gasteiger partial charge in [0.15, 0.2) is 0 Å². The van der Waals surface area contributed by atoms with Crippen molar-refractivity contribution in [3.8, 4) is 17.1 Å². The van der Waals surface area contributed by atoms with Gasteiger partial charge in [-0.25, -0.2) is 9.37 Å². The van der Waals surface area contributed by atoms with E-state index in [0.717, 1.165) is 23.0 Å². The van der Waals surface area contributed by atoms with Gasteiger partial charge in [-0.15, -0.1) is 0 Å². The number of H-pyrrole nitrogens is 1. The van der Waals surface area contributed by atoms with Crippen molar-refractivity contribution in [1.82, 2.24) is 15.0 Å². The number of fused-ring (bicyclic) bond motifs is 2. The smallest absolute Gasteiger partial charge is 0.141 e. The molecule has 0 radical (unpaired) electrons. The summed E-state index contributed by atoms with van der Waals surface area (Å²) in [6.45, 7) is 0.613. The molecule has 0 fully saturated rings. The predicted molar refractivity (Wildman–Crippen MR) is 68.5 cm³/mol. The van der Waals surface area contributed by atoms with Crippen LogP contribution < -0.4 is 4.74 Å². The zero-order valence-corrected chi connectivity index (χ0v) is 9.98. The highest BCUT2D eigenvalue weighted by molar-refractivity contribution is 5.78. The lowest BCUT2D eigenvalue weighted by molar-refractivity contribution is 0.355. The maximum atomic E-state index is 14.1. The first-order valence-corrected chi connectivity index (χ1v) is 6.06. The van der Waals surface area contributed by atoms with E-state index in [1.807, 2.05) is 6.07 Å². The second-order valence-electron chi connectivity index (χ2n) is 4.52. The van der Waals surface area contributed by atoms with Gasteiger partial charge in [-0.1, -0.05) is 0 Å². The molecule has 19 heavy (non-hydrogen) atoms. The third-order valence-electron chi connectivity index (χ3n) is 3.32. The molecule has 0 saturated heterocycles. The van der Waals surface area contributed by atoms with E-state index in [1.165, 1.54) is 6.07 Å². The molecule has 1 aliphatic rings. The van der Waals surface area contributed by atoms with Gasteiger partial charge in [-0.05, 0) is 17.7 Å². The minimum atomic E-state index is -0.326. The Morgan fingerprint density at radius 3 is 3.16 bits per heavy atom. The summed E-state index contributed by atoms with van der Waals surface area (Å²) in [5, 5.41) is 0. The second-order valence-corrected chi connectivity index (χ2v) is 4.52. The lowest BCUT2D eigenvalue weighted by atomic mass is 10.1. The third-order valence-corrected chi connectivity index (χ3v) is 3.32. The summed E-state index contributed by atoms with van der Waals surface area (Å²) in [5.41, 5.74) is 3.07. The molecule has 0 bridgehead atoms. The van der Waals surface area contributed by atoms with E-state index in [9.17, 15) is 4.39 Å². The van der Waals surface area contributed by atoms with Crippen molar-refractivity contribution < 1.29 is 9.13 Å². The van der Waals surface area contributed by atoms with Gasteiger partial charge in [-0.2, -0.15) is 0 Å². The zero-order chi connectivity index (χ0) is 12.8. The molecule has 0 atom stereocenters. The molecule has 2 aromatic heterocycles. The van der Waals surface area contributed by atoms with E-state index in [0.29, 0.717) is 23.7 Å². The van der Waals surface area contributed by atoms with Gasteiger partial charge in [0.1, 0.15) is 17.4 Å². The highest BCUT2D eigenvalue weighted by Gasteiger charge is 2.18. The second kappa shape index (κ2) is 3.78. The number of pyridine rings is 1. The zero-order valence-electron chi connectivity index (χ0n) is 9.98. The summed E-state index contributed by atoms with van der Waals surface area (Å²) in [4.78, 5) is 11.5. The molecule has 5 heteroatoms. The molecule has 4 nitrogen and oxygen atoms in total. The molecular weight excluding hydrogens is 245 g/mol. The minimum absolute atomic E-state index is 0.326. The van der Waals surface area contributed by atoms with Crippen molar-refractivity contribution in [2.45, 2.75) is 6.42 Å². The molecule has 4 rings (SSSR count). The Morgan fingerprint density at radius 2 is 2.26 bits per heavy atom. The van der Waals surface area contributed by atoms with E-state index >= 15 is 0 Å². The van der Waals surface area contributed by atoms with E-state index < -0.39 is 0 Å². The van der Waals surface area contributed by atoms with Gasteiger partial charge in [0.05, 0.1) is 29.4 Å². The van der Waals surface area contributed by atoms with Crippen molar-refractivity contribution >= 4 is 11.0 Å². The Balaban J connectivity index is 1.92. The van der Waals surface area contributed by atoms with Crippen molar-refractivity contribution in [3.05, 3.63) is 42.0 Å². The van der Waals surface area contributed by atoms with Crippen LogP contribution in [0.5, 0.6) is 5.75 Å². The number of benzene rings is 1. The van der Waals surface area contributed by atoms with Gasteiger partial charge in [0.2, 0.25) is 0 Å². The Morgan fingerprint density at radius 1 is 1.32 bits per heavy atom. The number of aromatic nitrogens is 3. The summed E-state index contributed by atoms with van der Waals surface area (Å²) in [6.07, 6.45) is 4.16. The van der Waals surface area contributed by atoms with Crippen LogP contribution in [0.4, 0.5) is 4.39 Å². The average molecular weight is 255 g/mol. The molecule has 3 heterocycles. The van der Waals surface area contributed by atoms with Crippen molar-refractivity contribution in [2.24, 2.45) is 0 Å². The summed E-state index contributed by atoms with van der Waals surface area (Å²) < 4.78 is 19.5. The van der Waals surface area contributed by atoms with Crippen molar-refractivity contribution in [1.29, 1.82) is 0 Å². The van der Waals surface area contributed by atoms with Crippen molar-refractivity contribution in [3.63, 3.8) is 0 Å². The first kappa shape index (κ1) is 10.5. The van der Waals surface area contributed by atoms with E-state index in [2.05, 4.69) is 15.0 Å². The normalized spacial score (nSPS) is 13.5. The van der Waals surface area contributed by atoms with Crippen LogP contribution in [0.25, 0.3) is 22.4 Å². The first-order chi connectivity index (χ1) is 9.31. The summed E-state index contributed by atoms with van der Waals surface area (Å²) in [5.74, 6) is 0.835. The fraction of sp³-hybridized carbons (Fsp3) is 0.143. The number of aromatic amines is 1. The summed E-state index contributed by atoms with van der Waals surface area (Å²) >= 11 is 0. The quantitative estimate of drug-likeness (QED) is 0.727. The molecule has 0 unspecified atom stereocenters. The number of ether oxygens (including phenoxy) is 1. The number of halogens is 1. The topological polar surface area (TPSA) is 50.8 Å². The third kappa shape index (κ3) is 1.58. The molecule has 0 aliphatic carbocycles. The standard InChI is InChI=1S/C14H10FN3O/c15-10-6-13-8(2-4-19-13)5-9(10)14-17-11-1-3-16-7-12(11)18-14/h1,3,5-7H,2,4H2,(H,17,18). The maximum Gasteiger partial charge on any atom is 0.141 e. The Kier molecular flexibility index (Phi) is 2.09. The maximum absolute atomic E-state index is 14.1. The van der Waals surface area contributed by atoms with E-state index in [-0.39, 0.29) is 5.82 Å². The highest BCUT2D eigenvalue weighted by atomic mass is 19.1. The van der Waals surface area contributed by atoms with Crippen LogP contribution >= 0.6 is 0 Å². The fourth-order valence-electron chi connectivity index (χ4n) is 2.37. The van der Waals surface area contributed by atoms with E-state index in [1.54, 1.807) is 18.5 Å². The number of hydrogen-bond donors (Lipinski definition) is 1. The molecule has 0 saturated carbocycles. The van der Waals surface area contributed by atoms with Gasteiger partial charge in [0.25, 0.3) is 0 Å². The van der Waals surface area contributed by atoms with Crippen LogP contribution in [-0.2, 0) is 6.42 Å². The molecule has 0 spiro atoms. The molecule has 1 aromatic carbocycles. The lowest BCUT2D eigenvalue weighted by Gasteiger charge is -2.03. The van der Waals surface area contributed by atoms with Crippen LogP contribution in [0.2, 0.25) is 0 Å². The van der Waals surface area contributed by atoms with Crippen LogP contribution in [0.1, 0.15) is 5.56 Å². The lowest BCUT2D eigenvalue weighted by Crippen LogP contribution is -1.89. The molecule has 1 aliphatic heterocycles. The Bertz CT molecular complexity index is 748. The highest BCUT2D eigenvalue weighted by Crippen LogP contribution is 2.32. The molecule has 1 N–H and O–H groups in total. The number of nitrogens with zero attached hydrogens (tertiary/aromatic N) is 2. The summed E-state index contributed by atoms with van der Waals surface area (Å²) in [6, 6.07) is 5.04. The molecule has 3 aromatic rings. The summed E-state index contributed by atoms with van der Waals surface area (Å²) in [7, 11) is 0. The predicted octanol–water partition coefficient (Wildman–Crippen LogP) is 2.70. The SMILES string of the molecule is Fc1cc2c(cc1-c1nc3ccncc3[nH]1)CCO2. The number of nitrogens with one attached hydrogen (secondary N) is 1. The first-order valence-electron chi connectivity index (χ1n) is 6.06. The van der Waals surface area contributed by atoms with Gasteiger partial charge in [0, 0.05) is 18.7 Å². The van der Waals surface area contributed by atoms with Crippen LogP contribution in [0, 0.1) is 5.82 Å².